The van der Waals surface area contributed by atoms with Crippen molar-refractivity contribution in [2.75, 3.05) is 18.4 Å². The van der Waals surface area contributed by atoms with Crippen molar-refractivity contribution in [2.45, 2.75) is 44.2 Å². The van der Waals surface area contributed by atoms with Crippen LogP contribution in [0.4, 0.5) is 10.6 Å². The van der Waals surface area contributed by atoms with Gasteiger partial charge in [0, 0.05) is 36.1 Å². The summed E-state index contributed by atoms with van der Waals surface area (Å²) in [6.45, 7) is 3.03. The molecule has 2 N–H and O–H groups in total. The van der Waals surface area contributed by atoms with Crippen LogP contribution in [-0.4, -0.2) is 50.8 Å². The maximum absolute atomic E-state index is 11.2. The molecule has 8 heteroatoms. The number of carboxylic acid groups (broad SMARTS) is 1. The van der Waals surface area contributed by atoms with Crippen molar-refractivity contribution in [2.24, 2.45) is 0 Å². The van der Waals surface area contributed by atoms with Crippen LogP contribution in [0, 0.1) is 11.3 Å². The minimum absolute atomic E-state index is 0.0106. The average molecular weight is 367 g/mol. The zero-order valence-electron chi connectivity index (χ0n) is 15.1. The molecule has 2 aromatic heterocycles. The lowest BCUT2D eigenvalue weighted by Gasteiger charge is -2.31. The molecule has 1 atom stereocenters. The van der Waals surface area contributed by atoms with E-state index in [0.717, 1.165) is 36.5 Å². The molecular weight excluding hydrogens is 346 g/mol. The van der Waals surface area contributed by atoms with E-state index >= 15 is 0 Å². The first kappa shape index (κ1) is 17.3. The number of anilines is 1. The predicted molar refractivity (Wildman–Crippen MR) is 98.8 cm³/mol. The molecule has 0 spiro atoms. The molecule has 2 aromatic rings. The number of carbonyl (C=O) groups is 1. The number of pyridine rings is 2. The fraction of sp³-hybridized carbons (Fsp3) is 0.474. The summed E-state index contributed by atoms with van der Waals surface area (Å²) in [7, 11) is 0. The number of ether oxygens (including phenoxy) is 1. The Hall–Kier alpha value is -3.08. The van der Waals surface area contributed by atoms with E-state index in [9.17, 15) is 15.2 Å². The fourth-order valence-electron chi connectivity index (χ4n) is 3.32. The molecule has 2 aliphatic rings. The number of piperidine rings is 1. The van der Waals surface area contributed by atoms with Gasteiger partial charge in [0.2, 0.25) is 5.88 Å². The van der Waals surface area contributed by atoms with Crippen LogP contribution in [0.1, 0.15) is 38.3 Å². The van der Waals surface area contributed by atoms with Crippen LogP contribution in [0.25, 0.3) is 10.8 Å². The van der Waals surface area contributed by atoms with E-state index in [-0.39, 0.29) is 11.6 Å². The second kappa shape index (κ2) is 6.58. The second-order valence-corrected chi connectivity index (χ2v) is 7.48. The summed E-state index contributed by atoms with van der Waals surface area (Å²) in [6, 6.07) is 5.64. The van der Waals surface area contributed by atoms with Crippen molar-refractivity contribution >= 4 is 22.7 Å². The summed E-state index contributed by atoms with van der Waals surface area (Å²) >= 11 is 0. The number of amides is 1. The first-order valence-electron chi connectivity index (χ1n) is 9.10. The van der Waals surface area contributed by atoms with Gasteiger partial charge < -0.3 is 20.1 Å². The number of hydrogen-bond donors (Lipinski definition) is 2. The van der Waals surface area contributed by atoms with Crippen LogP contribution in [0.15, 0.2) is 18.3 Å². The van der Waals surface area contributed by atoms with Crippen LogP contribution in [-0.2, 0) is 0 Å². The molecule has 0 radical (unpaired) electrons. The standard InChI is InChI=1S/C19H21N5O3/c1-19(4-5-19)27-17-15-8-16(21-10-12(15)7-14(9-20)23-17)22-13-3-2-6-24(11-13)18(25)26/h7-8,10,13H,2-6,11H2,1H3,(H,21,22)(H,25,26)/t13-/m0/s1. The zero-order valence-corrected chi connectivity index (χ0v) is 15.1. The van der Waals surface area contributed by atoms with Crippen molar-refractivity contribution in [1.82, 2.24) is 14.9 Å². The third-order valence-corrected chi connectivity index (χ3v) is 5.14. The second-order valence-electron chi connectivity index (χ2n) is 7.48. The van der Waals surface area contributed by atoms with Gasteiger partial charge in [-0.3, -0.25) is 0 Å². The minimum Gasteiger partial charge on any atom is -0.471 e. The molecule has 2 fully saturated rings. The number of rotatable bonds is 4. The number of nitriles is 1. The molecule has 1 aliphatic heterocycles. The highest BCUT2D eigenvalue weighted by Crippen LogP contribution is 2.41. The SMILES string of the molecule is CC1(Oc2nc(C#N)cc3cnc(N[C@H]4CCCN(C(=O)O)C4)cc23)CC1. The Morgan fingerprint density at radius 2 is 2.30 bits per heavy atom. The Morgan fingerprint density at radius 3 is 3.00 bits per heavy atom. The number of fused-ring (bicyclic) bond motifs is 1. The van der Waals surface area contributed by atoms with E-state index in [1.165, 1.54) is 4.90 Å². The Labute approximate surface area is 156 Å². The summed E-state index contributed by atoms with van der Waals surface area (Å²) in [5, 5.41) is 23.3. The maximum atomic E-state index is 11.2. The molecule has 140 valence electrons. The van der Waals surface area contributed by atoms with Crippen molar-refractivity contribution in [3.05, 3.63) is 24.0 Å². The topological polar surface area (TPSA) is 111 Å². The number of nitrogens with zero attached hydrogens (tertiary/aromatic N) is 4. The fourth-order valence-corrected chi connectivity index (χ4v) is 3.32. The number of hydrogen-bond acceptors (Lipinski definition) is 6. The van der Waals surface area contributed by atoms with E-state index in [1.807, 2.05) is 13.0 Å². The molecule has 0 bridgehead atoms. The molecule has 1 saturated heterocycles. The van der Waals surface area contributed by atoms with Gasteiger partial charge in [0.05, 0.1) is 0 Å². The van der Waals surface area contributed by atoms with Crippen molar-refractivity contribution in [1.29, 1.82) is 5.26 Å². The number of aromatic nitrogens is 2. The molecular formula is C19H21N5O3. The Bertz CT molecular complexity index is 935. The monoisotopic (exact) mass is 367 g/mol. The summed E-state index contributed by atoms with van der Waals surface area (Å²) < 4.78 is 6.06. The van der Waals surface area contributed by atoms with Gasteiger partial charge in [-0.05, 0) is 44.7 Å². The van der Waals surface area contributed by atoms with E-state index in [1.54, 1.807) is 12.3 Å². The predicted octanol–water partition coefficient (Wildman–Crippen LogP) is 2.99. The third-order valence-electron chi connectivity index (χ3n) is 5.14. The summed E-state index contributed by atoms with van der Waals surface area (Å²) in [5.74, 6) is 1.10. The third kappa shape index (κ3) is 3.72. The minimum atomic E-state index is -0.894. The van der Waals surface area contributed by atoms with Crippen molar-refractivity contribution in [3.8, 4) is 11.9 Å². The Kier molecular flexibility index (Phi) is 4.22. The first-order chi connectivity index (χ1) is 13.0. The molecule has 1 amide bonds. The molecule has 27 heavy (non-hydrogen) atoms. The molecule has 1 aliphatic carbocycles. The molecule has 4 rings (SSSR count). The number of nitrogens with one attached hydrogen (secondary N) is 1. The summed E-state index contributed by atoms with van der Waals surface area (Å²) in [4.78, 5) is 21.4. The van der Waals surface area contributed by atoms with E-state index in [0.29, 0.717) is 30.5 Å². The highest BCUT2D eigenvalue weighted by Gasteiger charge is 2.41. The molecule has 0 unspecified atom stereocenters. The Morgan fingerprint density at radius 1 is 1.48 bits per heavy atom. The lowest BCUT2D eigenvalue weighted by atomic mass is 10.1. The number of likely N-dealkylation sites (tertiary alicyclic amines) is 1. The molecule has 1 saturated carbocycles. The van der Waals surface area contributed by atoms with Gasteiger partial charge in [-0.1, -0.05) is 0 Å². The van der Waals surface area contributed by atoms with Gasteiger partial charge in [0.1, 0.15) is 23.2 Å². The van der Waals surface area contributed by atoms with Gasteiger partial charge in [0.25, 0.3) is 0 Å². The molecule has 8 nitrogen and oxygen atoms in total. The lowest BCUT2D eigenvalue weighted by molar-refractivity contribution is 0.133. The van der Waals surface area contributed by atoms with E-state index in [4.69, 9.17) is 4.74 Å². The van der Waals surface area contributed by atoms with Crippen molar-refractivity contribution in [3.63, 3.8) is 0 Å². The normalized spacial score (nSPS) is 20.7. The Balaban J connectivity index is 1.62. The summed E-state index contributed by atoms with van der Waals surface area (Å²) in [6.07, 6.45) is 4.44. The maximum Gasteiger partial charge on any atom is 0.407 e. The smallest absolute Gasteiger partial charge is 0.407 e. The van der Waals surface area contributed by atoms with Gasteiger partial charge in [-0.15, -0.1) is 0 Å². The van der Waals surface area contributed by atoms with E-state index in [2.05, 4.69) is 21.4 Å². The van der Waals surface area contributed by atoms with E-state index < -0.39 is 6.09 Å². The first-order valence-corrected chi connectivity index (χ1v) is 9.10. The quantitative estimate of drug-likeness (QED) is 0.854. The van der Waals surface area contributed by atoms with Gasteiger partial charge in [-0.2, -0.15) is 5.26 Å². The molecule has 0 aromatic carbocycles. The van der Waals surface area contributed by atoms with Gasteiger partial charge in [-0.25, -0.2) is 14.8 Å². The van der Waals surface area contributed by atoms with Crippen LogP contribution >= 0.6 is 0 Å². The lowest BCUT2D eigenvalue weighted by Crippen LogP contribution is -2.44. The summed E-state index contributed by atoms with van der Waals surface area (Å²) in [5.41, 5.74) is 0.0876. The van der Waals surface area contributed by atoms with Crippen molar-refractivity contribution < 1.29 is 14.6 Å². The van der Waals surface area contributed by atoms with Crippen LogP contribution in [0.2, 0.25) is 0 Å². The van der Waals surface area contributed by atoms with Crippen LogP contribution < -0.4 is 10.1 Å². The van der Waals surface area contributed by atoms with Crippen LogP contribution in [0.5, 0.6) is 5.88 Å². The largest absolute Gasteiger partial charge is 0.471 e. The molecule has 3 heterocycles. The van der Waals surface area contributed by atoms with Gasteiger partial charge in [0.15, 0.2) is 0 Å². The van der Waals surface area contributed by atoms with Gasteiger partial charge >= 0.3 is 6.09 Å². The highest BCUT2D eigenvalue weighted by atomic mass is 16.5. The average Bonchev–Trinajstić information content (AvgIpc) is 3.39. The highest BCUT2D eigenvalue weighted by molar-refractivity contribution is 5.89. The zero-order chi connectivity index (χ0) is 19.0. The van der Waals surface area contributed by atoms with Crippen LogP contribution in [0.3, 0.4) is 0 Å².